The molecule has 0 radical (unpaired) electrons. The van der Waals surface area contributed by atoms with Crippen LogP contribution in [0, 0.1) is 12.8 Å². The van der Waals surface area contributed by atoms with Gasteiger partial charge in [0.1, 0.15) is 5.82 Å². The van der Waals surface area contributed by atoms with Crippen LogP contribution in [0.15, 0.2) is 29.3 Å². The second-order valence-electron chi connectivity index (χ2n) is 6.75. The zero-order valence-corrected chi connectivity index (χ0v) is 13.4. The summed E-state index contributed by atoms with van der Waals surface area (Å²) in [5, 5.41) is 4.54. The van der Waals surface area contributed by atoms with Crippen LogP contribution < -0.4 is 5.56 Å². The van der Waals surface area contributed by atoms with E-state index >= 15 is 0 Å². The lowest BCUT2D eigenvalue weighted by Gasteiger charge is -2.39. The second kappa shape index (κ2) is 5.85. The van der Waals surface area contributed by atoms with Gasteiger partial charge in [-0.05, 0) is 25.8 Å². The Morgan fingerprint density at radius 2 is 1.91 bits per heavy atom. The molecule has 2 aliphatic rings. The molecule has 0 amide bonds. The van der Waals surface area contributed by atoms with Crippen LogP contribution in [0.3, 0.4) is 0 Å². The van der Waals surface area contributed by atoms with Gasteiger partial charge >= 0.3 is 0 Å². The molecule has 0 bridgehead atoms. The van der Waals surface area contributed by atoms with Gasteiger partial charge in [-0.25, -0.2) is 14.6 Å². The summed E-state index contributed by atoms with van der Waals surface area (Å²) in [5.41, 5.74) is 2.23. The number of likely N-dealkylation sites (tertiary alicyclic amines) is 1. The molecule has 1 aliphatic carbocycles. The summed E-state index contributed by atoms with van der Waals surface area (Å²) in [6, 6.07) is 3.56. The first kappa shape index (κ1) is 14.5. The number of aryl methyl sites for hydroxylation is 1. The largest absolute Gasteiger partial charge is 0.298 e. The summed E-state index contributed by atoms with van der Waals surface area (Å²) in [5.74, 6) is 1.89. The molecular weight excluding hydrogens is 290 g/mol. The first-order valence-electron chi connectivity index (χ1n) is 8.25. The third-order valence-corrected chi connectivity index (χ3v) is 4.59. The molecule has 1 aliphatic heterocycles. The van der Waals surface area contributed by atoms with Gasteiger partial charge in [-0.2, -0.15) is 5.10 Å². The molecule has 6 nitrogen and oxygen atoms in total. The van der Waals surface area contributed by atoms with E-state index in [2.05, 4.69) is 20.0 Å². The predicted molar refractivity (Wildman–Crippen MR) is 86.0 cm³/mol. The van der Waals surface area contributed by atoms with Crippen molar-refractivity contribution in [1.29, 1.82) is 0 Å². The topological polar surface area (TPSA) is 63.9 Å². The fourth-order valence-electron chi connectivity index (χ4n) is 3.12. The summed E-state index contributed by atoms with van der Waals surface area (Å²) in [7, 11) is 0. The third kappa shape index (κ3) is 3.32. The maximum absolute atomic E-state index is 12.0. The normalized spacial score (nSPS) is 18.8. The van der Waals surface area contributed by atoms with Crippen LogP contribution in [-0.4, -0.2) is 37.7 Å². The van der Waals surface area contributed by atoms with Gasteiger partial charge < -0.3 is 0 Å². The molecule has 1 saturated heterocycles. The van der Waals surface area contributed by atoms with Crippen molar-refractivity contribution in [1.82, 2.24) is 24.6 Å². The minimum Gasteiger partial charge on any atom is -0.298 e. The average Bonchev–Trinajstić information content (AvgIpc) is 3.34. The summed E-state index contributed by atoms with van der Waals surface area (Å²) < 4.78 is 1.66. The molecule has 0 aromatic carbocycles. The molecule has 0 N–H and O–H groups in total. The average molecular weight is 311 g/mol. The Morgan fingerprint density at radius 3 is 2.61 bits per heavy atom. The maximum atomic E-state index is 12.0. The fourth-order valence-corrected chi connectivity index (χ4v) is 3.12. The van der Waals surface area contributed by atoms with E-state index in [0.29, 0.717) is 11.8 Å². The molecule has 120 valence electrons. The van der Waals surface area contributed by atoms with Gasteiger partial charge in [0.2, 0.25) is 0 Å². The summed E-state index contributed by atoms with van der Waals surface area (Å²) in [6.07, 6.45) is 6.20. The minimum atomic E-state index is 0.0137. The molecule has 23 heavy (non-hydrogen) atoms. The number of hydrogen-bond donors (Lipinski definition) is 0. The van der Waals surface area contributed by atoms with E-state index in [0.717, 1.165) is 43.3 Å². The molecule has 0 unspecified atom stereocenters. The summed E-state index contributed by atoms with van der Waals surface area (Å²) in [6.45, 7) is 5.48. The van der Waals surface area contributed by atoms with Crippen molar-refractivity contribution in [2.75, 3.05) is 13.1 Å². The molecule has 0 atom stereocenters. The van der Waals surface area contributed by atoms with Gasteiger partial charge in [-0.1, -0.05) is 0 Å². The summed E-state index contributed by atoms with van der Waals surface area (Å²) >= 11 is 0. The molecule has 2 aromatic rings. The van der Waals surface area contributed by atoms with E-state index in [1.165, 1.54) is 12.8 Å². The SMILES string of the molecule is Cc1ncc(CN2CC(Cn3nc(C4CC4)ccc3=O)C2)cn1. The van der Waals surface area contributed by atoms with Gasteiger partial charge in [0.15, 0.2) is 0 Å². The molecule has 2 fully saturated rings. The van der Waals surface area contributed by atoms with Crippen molar-refractivity contribution in [3.05, 3.63) is 52.0 Å². The number of aromatic nitrogens is 4. The highest BCUT2D eigenvalue weighted by Gasteiger charge is 2.29. The van der Waals surface area contributed by atoms with Crippen molar-refractivity contribution in [3.63, 3.8) is 0 Å². The Labute approximate surface area is 135 Å². The monoisotopic (exact) mass is 311 g/mol. The van der Waals surface area contributed by atoms with Crippen LogP contribution >= 0.6 is 0 Å². The van der Waals surface area contributed by atoms with E-state index in [9.17, 15) is 4.79 Å². The highest BCUT2D eigenvalue weighted by molar-refractivity contribution is 5.12. The lowest BCUT2D eigenvalue weighted by Crippen LogP contribution is -2.48. The van der Waals surface area contributed by atoms with Gasteiger partial charge in [-0.15, -0.1) is 0 Å². The van der Waals surface area contributed by atoms with Gasteiger partial charge in [0, 0.05) is 55.5 Å². The Balaban J connectivity index is 1.33. The molecule has 2 aromatic heterocycles. The first-order chi connectivity index (χ1) is 11.2. The zero-order chi connectivity index (χ0) is 15.8. The van der Waals surface area contributed by atoms with Crippen molar-refractivity contribution < 1.29 is 0 Å². The number of nitrogens with zero attached hydrogens (tertiary/aromatic N) is 5. The minimum absolute atomic E-state index is 0.0137. The third-order valence-electron chi connectivity index (χ3n) is 4.59. The Hall–Kier alpha value is -2.08. The van der Waals surface area contributed by atoms with Crippen LogP contribution in [0.4, 0.5) is 0 Å². The molecule has 4 rings (SSSR count). The standard InChI is InChI=1S/C17H21N5O/c1-12-18-6-13(7-19-12)8-21-9-14(10-21)11-22-17(23)5-4-16(20-22)15-2-3-15/h4-7,14-15H,2-3,8-11H2,1H3. The Morgan fingerprint density at radius 1 is 1.17 bits per heavy atom. The number of rotatable bonds is 5. The van der Waals surface area contributed by atoms with Crippen LogP contribution in [-0.2, 0) is 13.1 Å². The smallest absolute Gasteiger partial charge is 0.266 e. The van der Waals surface area contributed by atoms with E-state index in [1.54, 1.807) is 10.7 Å². The number of hydrogen-bond acceptors (Lipinski definition) is 5. The molecular formula is C17H21N5O. The highest BCUT2D eigenvalue weighted by Crippen LogP contribution is 2.38. The second-order valence-corrected chi connectivity index (χ2v) is 6.75. The van der Waals surface area contributed by atoms with Crippen molar-refractivity contribution in [3.8, 4) is 0 Å². The highest BCUT2D eigenvalue weighted by atomic mass is 16.1. The molecule has 1 saturated carbocycles. The molecule has 3 heterocycles. The lowest BCUT2D eigenvalue weighted by atomic mass is 9.99. The Kier molecular flexibility index (Phi) is 3.69. The Bertz CT molecular complexity index is 744. The van der Waals surface area contributed by atoms with Crippen LogP contribution in [0.25, 0.3) is 0 Å². The van der Waals surface area contributed by atoms with Crippen LogP contribution in [0.2, 0.25) is 0 Å². The fraction of sp³-hybridized carbons (Fsp3) is 0.529. The van der Waals surface area contributed by atoms with Gasteiger partial charge in [0.05, 0.1) is 12.2 Å². The van der Waals surface area contributed by atoms with Gasteiger partial charge in [-0.3, -0.25) is 9.69 Å². The van der Waals surface area contributed by atoms with Crippen molar-refractivity contribution >= 4 is 0 Å². The van der Waals surface area contributed by atoms with Crippen molar-refractivity contribution in [2.45, 2.75) is 38.8 Å². The maximum Gasteiger partial charge on any atom is 0.266 e. The lowest BCUT2D eigenvalue weighted by molar-refractivity contribution is 0.0763. The van der Waals surface area contributed by atoms with Crippen molar-refractivity contribution in [2.24, 2.45) is 5.92 Å². The van der Waals surface area contributed by atoms with Gasteiger partial charge in [0.25, 0.3) is 5.56 Å². The summed E-state index contributed by atoms with van der Waals surface area (Å²) in [4.78, 5) is 22.8. The zero-order valence-electron chi connectivity index (χ0n) is 13.4. The molecule has 0 spiro atoms. The van der Waals surface area contributed by atoms with Crippen LogP contribution in [0.5, 0.6) is 0 Å². The van der Waals surface area contributed by atoms with E-state index < -0.39 is 0 Å². The van der Waals surface area contributed by atoms with E-state index in [1.807, 2.05) is 25.4 Å². The predicted octanol–water partition coefficient (Wildman–Crippen LogP) is 1.35. The van der Waals surface area contributed by atoms with E-state index in [-0.39, 0.29) is 5.56 Å². The van der Waals surface area contributed by atoms with E-state index in [4.69, 9.17) is 0 Å². The van der Waals surface area contributed by atoms with Crippen LogP contribution in [0.1, 0.15) is 35.8 Å². The molecule has 6 heteroatoms. The first-order valence-corrected chi connectivity index (χ1v) is 8.25. The quantitative estimate of drug-likeness (QED) is 0.834.